The Morgan fingerprint density at radius 3 is 2.74 bits per heavy atom. The van der Waals surface area contributed by atoms with Crippen molar-refractivity contribution in [3.63, 3.8) is 0 Å². The molecule has 1 amide bonds. The molecule has 0 aliphatic carbocycles. The van der Waals surface area contributed by atoms with Crippen LogP contribution in [0.5, 0.6) is 0 Å². The number of carbonyl (C=O) groups excluding carboxylic acids is 1. The van der Waals surface area contributed by atoms with Crippen LogP contribution in [0, 0.1) is 5.92 Å². The fraction of sp³-hybridized carbons (Fsp3) is 0.438. The Labute approximate surface area is 144 Å². The number of hydrogen-bond donors (Lipinski definition) is 3. The smallest absolute Gasteiger partial charge is 0.326 e. The number of amides is 1. The van der Waals surface area contributed by atoms with E-state index in [2.05, 4.69) is 22.9 Å². The molecule has 23 heavy (non-hydrogen) atoms. The van der Waals surface area contributed by atoms with Gasteiger partial charge < -0.3 is 10.4 Å². The standard InChI is InChI=1S/C16H20N2O3S2/c1-2-5-10(9-22)15(19)18-12(16(20)21)8-14-17-11-6-3-4-7-13(11)23-14/h3-4,6-7,10,12,22H,2,5,8-9H2,1H3,(H,18,19)(H,20,21)/t10-,12+/m1/s1. The molecule has 5 nitrogen and oxygen atoms in total. The molecule has 1 heterocycles. The Hall–Kier alpha value is -1.60. The highest BCUT2D eigenvalue weighted by atomic mass is 32.1. The Morgan fingerprint density at radius 1 is 1.39 bits per heavy atom. The van der Waals surface area contributed by atoms with Crippen molar-refractivity contribution < 1.29 is 14.7 Å². The third-order valence-electron chi connectivity index (χ3n) is 3.56. The first kappa shape index (κ1) is 17.7. The number of para-hydroxylation sites is 1. The number of benzene rings is 1. The Balaban J connectivity index is 2.09. The van der Waals surface area contributed by atoms with Crippen LogP contribution in [0.25, 0.3) is 10.2 Å². The van der Waals surface area contributed by atoms with E-state index in [1.807, 2.05) is 31.2 Å². The Kier molecular flexibility index (Phi) is 6.41. The zero-order valence-electron chi connectivity index (χ0n) is 12.9. The van der Waals surface area contributed by atoms with Gasteiger partial charge in [-0.25, -0.2) is 9.78 Å². The van der Waals surface area contributed by atoms with E-state index in [9.17, 15) is 14.7 Å². The van der Waals surface area contributed by atoms with E-state index in [-0.39, 0.29) is 18.2 Å². The molecule has 2 atom stereocenters. The second kappa shape index (κ2) is 8.31. The predicted octanol–water partition coefficient (Wildman–Crippen LogP) is 2.75. The molecule has 0 spiro atoms. The number of thiazole rings is 1. The number of carboxylic acids is 1. The number of carbonyl (C=O) groups is 2. The second-order valence-corrected chi connectivity index (χ2v) is 6.83. The fourth-order valence-corrected chi connectivity index (χ4v) is 3.69. The average molecular weight is 352 g/mol. The number of thiol groups is 1. The van der Waals surface area contributed by atoms with Crippen molar-refractivity contribution in [1.82, 2.24) is 10.3 Å². The highest BCUT2D eigenvalue weighted by molar-refractivity contribution is 7.80. The van der Waals surface area contributed by atoms with Crippen LogP contribution in [0.15, 0.2) is 24.3 Å². The zero-order chi connectivity index (χ0) is 16.8. The lowest BCUT2D eigenvalue weighted by Crippen LogP contribution is -2.45. The Bertz CT molecular complexity index is 654. The van der Waals surface area contributed by atoms with Crippen LogP contribution in [-0.2, 0) is 16.0 Å². The summed E-state index contributed by atoms with van der Waals surface area (Å²) in [5.74, 6) is -1.16. The number of nitrogens with zero attached hydrogens (tertiary/aromatic N) is 1. The zero-order valence-corrected chi connectivity index (χ0v) is 14.6. The minimum Gasteiger partial charge on any atom is -0.480 e. The maximum Gasteiger partial charge on any atom is 0.326 e. The van der Waals surface area contributed by atoms with E-state index in [1.54, 1.807) is 0 Å². The quantitative estimate of drug-likeness (QED) is 0.638. The van der Waals surface area contributed by atoms with Crippen LogP contribution in [0.4, 0.5) is 0 Å². The van der Waals surface area contributed by atoms with Crippen LogP contribution in [-0.4, -0.2) is 33.8 Å². The van der Waals surface area contributed by atoms with Gasteiger partial charge in [-0.1, -0.05) is 25.5 Å². The summed E-state index contributed by atoms with van der Waals surface area (Å²) in [5, 5.41) is 12.7. The normalized spacial score (nSPS) is 13.7. The maximum atomic E-state index is 12.2. The lowest BCUT2D eigenvalue weighted by atomic mass is 10.0. The number of aromatic nitrogens is 1. The van der Waals surface area contributed by atoms with Gasteiger partial charge in [0.1, 0.15) is 6.04 Å². The molecule has 0 fully saturated rings. The third kappa shape index (κ3) is 4.68. The molecule has 0 saturated heterocycles. The molecule has 1 aromatic carbocycles. The van der Waals surface area contributed by atoms with Gasteiger partial charge in [0.25, 0.3) is 0 Å². The number of nitrogens with one attached hydrogen (secondary N) is 1. The molecule has 0 aliphatic rings. The van der Waals surface area contributed by atoms with Crippen LogP contribution in [0.2, 0.25) is 0 Å². The van der Waals surface area contributed by atoms with Crippen LogP contribution in [0.3, 0.4) is 0 Å². The molecule has 2 N–H and O–H groups in total. The van der Waals surface area contributed by atoms with Gasteiger partial charge >= 0.3 is 5.97 Å². The third-order valence-corrected chi connectivity index (χ3v) is 5.06. The lowest BCUT2D eigenvalue weighted by molar-refractivity contribution is -0.142. The van der Waals surface area contributed by atoms with Crippen molar-refractivity contribution in [3.05, 3.63) is 29.3 Å². The summed E-state index contributed by atoms with van der Waals surface area (Å²) >= 11 is 5.63. The van der Waals surface area contributed by atoms with Gasteiger partial charge in [0, 0.05) is 18.1 Å². The average Bonchev–Trinajstić information content (AvgIpc) is 2.94. The van der Waals surface area contributed by atoms with E-state index in [4.69, 9.17) is 0 Å². The largest absolute Gasteiger partial charge is 0.480 e. The van der Waals surface area contributed by atoms with Crippen molar-refractivity contribution in [1.29, 1.82) is 0 Å². The molecular weight excluding hydrogens is 332 g/mol. The molecule has 0 aliphatic heterocycles. The van der Waals surface area contributed by atoms with Crippen molar-refractivity contribution >= 4 is 46.1 Å². The molecule has 0 radical (unpaired) electrons. The minimum absolute atomic E-state index is 0.186. The van der Waals surface area contributed by atoms with Gasteiger partial charge in [-0.05, 0) is 18.6 Å². The number of aliphatic carboxylic acids is 1. The van der Waals surface area contributed by atoms with Gasteiger partial charge in [-0.15, -0.1) is 11.3 Å². The monoisotopic (exact) mass is 352 g/mol. The second-order valence-electron chi connectivity index (χ2n) is 5.35. The van der Waals surface area contributed by atoms with E-state index in [0.717, 1.165) is 16.6 Å². The topological polar surface area (TPSA) is 79.3 Å². The molecule has 124 valence electrons. The number of fused-ring (bicyclic) bond motifs is 1. The van der Waals surface area contributed by atoms with Crippen LogP contribution < -0.4 is 5.32 Å². The van der Waals surface area contributed by atoms with E-state index < -0.39 is 12.0 Å². The maximum absolute atomic E-state index is 12.2. The summed E-state index contributed by atoms with van der Waals surface area (Å²) in [6.45, 7) is 1.99. The van der Waals surface area contributed by atoms with Crippen molar-refractivity contribution in [3.8, 4) is 0 Å². The molecule has 2 rings (SSSR count). The van der Waals surface area contributed by atoms with Gasteiger partial charge in [0.05, 0.1) is 15.2 Å². The van der Waals surface area contributed by atoms with Crippen molar-refractivity contribution in [2.45, 2.75) is 32.2 Å². The van der Waals surface area contributed by atoms with Crippen molar-refractivity contribution in [2.24, 2.45) is 5.92 Å². The highest BCUT2D eigenvalue weighted by Crippen LogP contribution is 2.22. The van der Waals surface area contributed by atoms with Gasteiger partial charge in [-0.3, -0.25) is 4.79 Å². The molecule has 2 aromatic rings. The molecule has 1 aromatic heterocycles. The summed E-state index contributed by atoms with van der Waals surface area (Å²) in [7, 11) is 0. The summed E-state index contributed by atoms with van der Waals surface area (Å²) in [5.41, 5.74) is 0.849. The van der Waals surface area contributed by atoms with Crippen LogP contribution in [0.1, 0.15) is 24.8 Å². The Morgan fingerprint density at radius 2 is 2.13 bits per heavy atom. The van der Waals surface area contributed by atoms with Gasteiger partial charge in [0.2, 0.25) is 5.91 Å². The van der Waals surface area contributed by atoms with E-state index in [0.29, 0.717) is 17.2 Å². The van der Waals surface area contributed by atoms with Gasteiger partial charge in [-0.2, -0.15) is 12.6 Å². The van der Waals surface area contributed by atoms with Crippen LogP contribution >= 0.6 is 24.0 Å². The molecule has 0 unspecified atom stereocenters. The van der Waals surface area contributed by atoms with Crippen molar-refractivity contribution in [2.75, 3.05) is 5.75 Å². The van der Waals surface area contributed by atoms with E-state index in [1.165, 1.54) is 11.3 Å². The minimum atomic E-state index is -1.05. The molecule has 7 heteroatoms. The molecule has 0 saturated carbocycles. The molecular formula is C16H20N2O3S2. The first-order valence-electron chi connectivity index (χ1n) is 7.53. The highest BCUT2D eigenvalue weighted by Gasteiger charge is 2.25. The summed E-state index contributed by atoms with van der Waals surface area (Å²) < 4.78 is 1.01. The van der Waals surface area contributed by atoms with Gasteiger partial charge in [0.15, 0.2) is 0 Å². The molecule has 0 bridgehead atoms. The number of hydrogen-bond acceptors (Lipinski definition) is 5. The lowest BCUT2D eigenvalue weighted by Gasteiger charge is -2.18. The summed E-state index contributed by atoms with van der Waals surface area (Å²) in [6.07, 6.45) is 1.74. The predicted molar refractivity (Wildman–Crippen MR) is 95.1 cm³/mol. The number of rotatable bonds is 8. The SMILES string of the molecule is CCC[C@H](CS)C(=O)N[C@@H](Cc1nc2ccccc2s1)C(=O)O. The first-order valence-corrected chi connectivity index (χ1v) is 8.98. The summed E-state index contributed by atoms with van der Waals surface area (Å²) in [6, 6.07) is 6.68. The summed E-state index contributed by atoms with van der Waals surface area (Å²) in [4.78, 5) is 28.1. The van der Waals surface area contributed by atoms with E-state index >= 15 is 0 Å². The fourth-order valence-electron chi connectivity index (χ4n) is 2.33. The number of carboxylic acid groups (broad SMARTS) is 1. The first-order chi connectivity index (χ1) is 11.0.